The highest BCUT2D eigenvalue weighted by Crippen LogP contribution is 2.32. The highest BCUT2D eigenvalue weighted by atomic mass is 35.5. The van der Waals surface area contributed by atoms with Crippen molar-refractivity contribution in [2.45, 2.75) is 6.92 Å². The number of nitrogens with zero attached hydrogens (tertiary/aromatic N) is 1. The Morgan fingerprint density at radius 2 is 1.95 bits per heavy atom. The lowest BCUT2D eigenvalue weighted by Crippen LogP contribution is -2.09. The van der Waals surface area contributed by atoms with Crippen molar-refractivity contribution in [1.29, 1.82) is 0 Å². The lowest BCUT2D eigenvalue weighted by Gasteiger charge is -2.12. The van der Waals surface area contributed by atoms with E-state index in [1.165, 1.54) is 6.07 Å². The fourth-order valence-electron chi connectivity index (χ4n) is 1.82. The van der Waals surface area contributed by atoms with Gasteiger partial charge in [0, 0.05) is 23.3 Å². The quantitative estimate of drug-likeness (QED) is 0.472. The molecule has 1 unspecified atom stereocenters. The molecule has 0 saturated carbocycles. The number of hydrogen-bond acceptors (Lipinski definition) is 3. The van der Waals surface area contributed by atoms with Gasteiger partial charge in [-0.1, -0.05) is 25.1 Å². The van der Waals surface area contributed by atoms with Crippen molar-refractivity contribution in [3.05, 3.63) is 46.5 Å². The average Bonchev–Trinajstić information content (AvgIpc) is 2.43. The Hall–Kier alpha value is -1.81. The van der Waals surface area contributed by atoms with E-state index in [-0.39, 0.29) is 16.5 Å². The zero-order valence-electron chi connectivity index (χ0n) is 10.5. The van der Waals surface area contributed by atoms with Crippen LogP contribution in [0.5, 0.6) is 5.75 Å². The van der Waals surface area contributed by atoms with E-state index in [1.54, 1.807) is 18.2 Å². The number of non-ortho nitro benzene ring substituents is 1. The maximum Gasteiger partial charge on any atom is 0.277 e. The second-order valence-corrected chi connectivity index (χ2v) is 4.76. The minimum atomic E-state index is -0.381. The number of fused-ring (bicyclic) bond motifs is 1. The third kappa shape index (κ3) is 2.96. The number of nitro benzene ring substituents is 1. The summed E-state index contributed by atoms with van der Waals surface area (Å²) in [6.45, 7) is 2.48. The van der Waals surface area contributed by atoms with Crippen molar-refractivity contribution in [3.63, 3.8) is 0 Å². The molecular weight excluding hydrogens is 266 g/mol. The van der Waals surface area contributed by atoms with E-state index in [4.69, 9.17) is 16.3 Å². The Labute approximate surface area is 116 Å². The van der Waals surface area contributed by atoms with Gasteiger partial charge < -0.3 is 4.74 Å². The number of benzene rings is 2. The first-order chi connectivity index (χ1) is 9.13. The van der Waals surface area contributed by atoms with Gasteiger partial charge in [-0.15, -0.1) is 11.6 Å². The monoisotopic (exact) mass is 279 g/mol. The topological polar surface area (TPSA) is 52.4 Å². The summed E-state index contributed by atoms with van der Waals surface area (Å²) in [5.74, 6) is 1.40. The molecule has 0 bridgehead atoms. The summed E-state index contributed by atoms with van der Waals surface area (Å²) in [7, 11) is 0. The fraction of sp³-hybridized carbons (Fsp3) is 0.286. The molecule has 0 aliphatic carbocycles. The zero-order valence-corrected chi connectivity index (χ0v) is 11.3. The molecular formula is C14H14ClNO3. The van der Waals surface area contributed by atoms with Crippen LogP contribution in [0.25, 0.3) is 10.8 Å². The SMILES string of the molecule is CC(CCl)COc1ccc([N+](=O)[O-])c2ccccc12. The van der Waals surface area contributed by atoms with Gasteiger partial charge >= 0.3 is 0 Å². The Balaban J connectivity index is 2.41. The summed E-state index contributed by atoms with van der Waals surface area (Å²) < 4.78 is 5.70. The Bertz CT molecular complexity index is 600. The van der Waals surface area contributed by atoms with Crippen LogP contribution in [-0.4, -0.2) is 17.4 Å². The molecule has 0 aliphatic heterocycles. The van der Waals surface area contributed by atoms with Crippen LogP contribution in [0.2, 0.25) is 0 Å². The first-order valence-electron chi connectivity index (χ1n) is 5.98. The van der Waals surface area contributed by atoms with Gasteiger partial charge in [-0.2, -0.15) is 0 Å². The molecule has 0 amide bonds. The van der Waals surface area contributed by atoms with Crippen LogP contribution in [0.3, 0.4) is 0 Å². The van der Waals surface area contributed by atoms with Crippen LogP contribution in [0.1, 0.15) is 6.92 Å². The van der Waals surface area contributed by atoms with Crippen LogP contribution >= 0.6 is 11.6 Å². The van der Waals surface area contributed by atoms with E-state index in [0.717, 1.165) is 5.39 Å². The fourth-order valence-corrected chi connectivity index (χ4v) is 1.91. The third-order valence-corrected chi connectivity index (χ3v) is 3.37. The molecule has 100 valence electrons. The lowest BCUT2D eigenvalue weighted by atomic mass is 10.1. The van der Waals surface area contributed by atoms with Crippen LogP contribution in [-0.2, 0) is 0 Å². The largest absolute Gasteiger partial charge is 0.493 e. The molecule has 0 saturated heterocycles. The molecule has 1 atom stereocenters. The summed E-state index contributed by atoms with van der Waals surface area (Å²) in [5.41, 5.74) is 0.0911. The molecule has 2 rings (SSSR count). The predicted molar refractivity (Wildman–Crippen MR) is 76.0 cm³/mol. The summed E-state index contributed by atoms with van der Waals surface area (Å²) in [5, 5.41) is 12.3. The predicted octanol–water partition coefficient (Wildman–Crippen LogP) is 4.00. The second kappa shape index (κ2) is 5.89. The standard InChI is InChI=1S/C14H14ClNO3/c1-10(8-15)9-19-14-7-6-13(16(17)18)11-4-2-3-5-12(11)14/h2-7,10H,8-9H2,1H3. The molecule has 2 aromatic carbocycles. The van der Waals surface area contributed by atoms with Gasteiger partial charge in [0.05, 0.1) is 16.9 Å². The number of hydrogen-bond donors (Lipinski definition) is 0. The summed E-state index contributed by atoms with van der Waals surface area (Å²) >= 11 is 5.73. The van der Waals surface area contributed by atoms with Crippen LogP contribution < -0.4 is 4.74 Å². The van der Waals surface area contributed by atoms with Gasteiger partial charge in [0.15, 0.2) is 0 Å². The summed E-state index contributed by atoms with van der Waals surface area (Å²) in [4.78, 5) is 10.6. The molecule has 0 fully saturated rings. The first-order valence-corrected chi connectivity index (χ1v) is 6.52. The van der Waals surface area contributed by atoms with E-state index in [2.05, 4.69) is 0 Å². The maximum absolute atomic E-state index is 11.0. The smallest absolute Gasteiger partial charge is 0.277 e. The molecule has 0 aromatic heterocycles. The number of halogens is 1. The van der Waals surface area contributed by atoms with Gasteiger partial charge in [0.2, 0.25) is 0 Å². The molecule has 2 aromatic rings. The minimum absolute atomic E-state index is 0.0911. The van der Waals surface area contributed by atoms with Crippen LogP contribution in [0.4, 0.5) is 5.69 Å². The van der Waals surface area contributed by atoms with Crippen molar-refractivity contribution < 1.29 is 9.66 Å². The molecule has 4 nitrogen and oxygen atoms in total. The first kappa shape index (κ1) is 13.6. The molecule has 5 heteroatoms. The molecule has 0 N–H and O–H groups in total. The van der Waals surface area contributed by atoms with Gasteiger partial charge in [0.25, 0.3) is 5.69 Å². The number of nitro groups is 1. The maximum atomic E-state index is 11.0. The normalized spacial score (nSPS) is 12.3. The lowest BCUT2D eigenvalue weighted by molar-refractivity contribution is -0.383. The van der Waals surface area contributed by atoms with E-state index >= 15 is 0 Å². The number of alkyl halides is 1. The highest BCUT2D eigenvalue weighted by molar-refractivity contribution is 6.18. The van der Waals surface area contributed by atoms with Gasteiger partial charge in [-0.25, -0.2) is 0 Å². The Morgan fingerprint density at radius 1 is 1.26 bits per heavy atom. The molecule has 0 heterocycles. The molecule has 0 aliphatic rings. The zero-order chi connectivity index (χ0) is 13.8. The highest BCUT2D eigenvalue weighted by Gasteiger charge is 2.14. The van der Waals surface area contributed by atoms with E-state index in [9.17, 15) is 10.1 Å². The number of ether oxygens (including phenoxy) is 1. The molecule has 0 radical (unpaired) electrons. The minimum Gasteiger partial charge on any atom is -0.493 e. The van der Waals surface area contributed by atoms with Crippen molar-refractivity contribution >= 4 is 28.1 Å². The van der Waals surface area contributed by atoms with E-state index in [0.29, 0.717) is 23.6 Å². The third-order valence-electron chi connectivity index (χ3n) is 2.84. The molecule has 0 spiro atoms. The van der Waals surface area contributed by atoms with Crippen LogP contribution in [0, 0.1) is 16.0 Å². The van der Waals surface area contributed by atoms with Crippen molar-refractivity contribution in [2.24, 2.45) is 5.92 Å². The Kier molecular flexibility index (Phi) is 4.22. The van der Waals surface area contributed by atoms with Gasteiger partial charge in [0.1, 0.15) is 5.75 Å². The van der Waals surface area contributed by atoms with Gasteiger partial charge in [-0.05, 0) is 12.1 Å². The van der Waals surface area contributed by atoms with Crippen molar-refractivity contribution in [2.75, 3.05) is 12.5 Å². The number of rotatable bonds is 5. The Morgan fingerprint density at radius 3 is 2.58 bits per heavy atom. The summed E-state index contributed by atoms with van der Waals surface area (Å²) in [6, 6.07) is 10.3. The van der Waals surface area contributed by atoms with Crippen molar-refractivity contribution in [1.82, 2.24) is 0 Å². The molecule has 19 heavy (non-hydrogen) atoms. The summed E-state index contributed by atoms with van der Waals surface area (Å²) in [6.07, 6.45) is 0. The average molecular weight is 280 g/mol. The van der Waals surface area contributed by atoms with Crippen molar-refractivity contribution in [3.8, 4) is 5.75 Å². The van der Waals surface area contributed by atoms with E-state index < -0.39 is 0 Å². The van der Waals surface area contributed by atoms with E-state index in [1.807, 2.05) is 19.1 Å². The van der Waals surface area contributed by atoms with Crippen LogP contribution in [0.15, 0.2) is 36.4 Å². The second-order valence-electron chi connectivity index (χ2n) is 4.46. The van der Waals surface area contributed by atoms with Gasteiger partial charge in [-0.3, -0.25) is 10.1 Å².